The molecule has 1 saturated heterocycles. The van der Waals surface area contributed by atoms with Crippen LogP contribution in [0.3, 0.4) is 0 Å². The molecule has 13 heavy (non-hydrogen) atoms. The van der Waals surface area contributed by atoms with Gasteiger partial charge >= 0.3 is 5.97 Å². The van der Waals surface area contributed by atoms with E-state index in [9.17, 15) is 4.79 Å². The van der Waals surface area contributed by atoms with Gasteiger partial charge in [0.15, 0.2) is 0 Å². The third kappa shape index (κ3) is 3.77. The van der Waals surface area contributed by atoms with Gasteiger partial charge in [-0.25, -0.2) is 0 Å². The molecule has 3 heteroatoms. The zero-order chi connectivity index (χ0) is 9.68. The number of likely N-dealkylation sites (tertiary alicyclic amines) is 1. The first-order chi connectivity index (χ1) is 6.22. The van der Waals surface area contributed by atoms with Gasteiger partial charge in [-0.1, -0.05) is 6.92 Å². The Morgan fingerprint density at radius 3 is 2.85 bits per heavy atom. The van der Waals surface area contributed by atoms with Gasteiger partial charge in [0.05, 0.1) is 0 Å². The second-order valence-electron chi connectivity index (χ2n) is 3.83. The fourth-order valence-electron chi connectivity index (χ4n) is 1.99. The first kappa shape index (κ1) is 10.5. The van der Waals surface area contributed by atoms with Crippen LogP contribution in [0.1, 0.15) is 32.6 Å². The van der Waals surface area contributed by atoms with Crippen molar-refractivity contribution in [3.63, 3.8) is 0 Å². The highest BCUT2D eigenvalue weighted by atomic mass is 16.4. The molecule has 0 aromatic carbocycles. The van der Waals surface area contributed by atoms with Crippen molar-refractivity contribution >= 4 is 5.97 Å². The Labute approximate surface area is 79.7 Å². The molecule has 1 fully saturated rings. The Balaban J connectivity index is 2.31. The zero-order valence-electron chi connectivity index (χ0n) is 8.33. The Morgan fingerprint density at radius 2 is 2.23 bits per heavy atom. The van der Waals surface area contributed by atoms with Crippen LogP contribution in [0.2, 0.25) is 0 Å². The van der Waals surface area contributed by atoms with Crippen molar-refractivity contribution < 1.29 is 9.90 Å². The van der Waals surface area contributed by atoms with Gasteiger partial charge in [0.1, 0.15) is 0 Å². The summed E-state index contributed by atoms with van der Waals surface area (Å²) in [6.45, 7) is 5.48. The normalized spacial score (nSPS) is 25.5. The topological polar surface area (TPSA) is 40.5 Å². The molecular weight excluding hydrogens is 166 g/mol. The monoisotopic (exact) mass is 185 g/mol. The molecule has 1 rings (SSSR count). The Kier molecular flexibility index (Phi) is 4.22. The zero-order valence-corrected chi connectivity index (χ0v) is 8.33. The van der Waals surface area contributed by atoms with E-state index < -0.39 is 5.97 Å². The van der Waals surface area contributed by atoms with Crippen molar-refractivity contribution in [3.05, 3.63) is 0 Å². The van der Waals surface area contributed by atoms with E-state index in [1.807, 2.05) is 0 Å². The fraction of sp³-hybridized carbons (Fsp3) is 0.900. The minimum Gasteiger partial charge on any atom is -0.481 e. The third-order valence-corrected chi connectivity index (χ3v) is 2.85. The van der Waals surface area contributed by atoms with E-state index in [1.165, 1.54) is 0 Å². The minimum atomic E-state index is -0.644. The van der Waals surface area contributed by atoms with Crippen LogP contribution in [0.5, 0.6) is 0 Å². The van der Waals surface area contributed by atoms with Gasteiger partial charge in [-0.05, 0) is 44.8 Å². The van der Waals surface area contributed by atoms with Gasteiger partial charge < -0.3 is 10.0 Å². The van der Waals surface area contributed by atoms with Gasteiger partial charge in [0.25, 0.3) is 0 Å². The molecule has 1 aliphatic rings. The quantitative estimate of drug-likeness (QED) is 0.725. The minimum absolute atomic E-state index is 0.359. The molecule has 1 N–H and O–H groups in total. The SMILES string of the molecule is CCN1CCCC(CC(=O)O)CC1. The van der Waals surface area contributed by atoms with E-state index in [-0.39, 0.29) is 0 Å². The number of aliphatic carboxylic acids is 1. The van der Waals surface area contributed by atoms with Crippen molar-refractivity contribution in [2.24, 2.45) is 5.92 Å². The average molecular weight is 185 g/mol. The van der Waals surface area contributed by atoms with Crippen molar-refractivity contribution in [2.45, 2.75) is 32.6 Å². The first-order valence-electron chi connectivity index (χ1n) is 5.16. The third-order valence-electron chi connectivity index (χ3n) is 2.85. The van der Waals surface area contributed by atoms with Crippen LogP contribution in [0, 0.1) is 5.92 Å². The summed E-state index contributed by atoms with van der Waals surface area (Å²) in [5.74, 6) is -0.232. The van der Waals surface area contributed by atoms with Crippen LogP contribution >= 0.6 is 0 Å². The molecule has 76 valence electrons. The maximum Gasteiger partial charge on any atom is 0.303 e. The second-order valence-corrected chi connectivity index (χ2v) is 3.83. The number of carboxylic acid groups (broad SMARTS) is 1. The number of hydrogen-bond donors (Lipinski definition) is 1. The molecule has 0 radical (unpaired) electrons. The highest BCUT2D eigenvalue weighted by molar-refractivity contribution is 5.66. The fourth-order valence-corrected chi connectivity index (χ4v) is 1.99. The molecule has 0 aromatic heterocycles. The molecule has 0 aliphatic carbocycles. The number of hydrogen-bond acceptors (Lipinski definition) is 2. The maximum atomic E-state index is 10.5. The molecule has 1 heterocycles. The summed E-state index contributed by atoms with van der Waals surface area (Å²) >= 11 is 0. The molecule has 0 saturated carbocycles. The van der Waals surface area contributed by atoms with E-state index in [0.29, 0.717) is 12.3 Å². The van der Waals surface area contributed by atoms with E-state index in [0.717, 1.165) is 38.9 Å². The number of carbonyl (C=O) groups is 1. The van der Waals surface area contributed by atoms with Crippen LogP contribution in [-0.2, 0) is 4.79 Å². The van der Waals surface area contributed by atoms with Crippen LogP contribution in [0.15, 0.2) is 0 Å². The molecule has 0 amide bonds. The Bertz CT molecular complexity index is 170. The highest BCUT2D eigenvalue weighted by Crippen LogP contribution is 2.20. The number of carboxylic acids is 1. The molecule has 3 nitrogen and oxygen atoms in total. The summed E-state index contributed by atoms with van der Waals surface area (Å²) in [6, 6.07) is 0. The predicted octanol–water partition coefficient (Wildman–Crippen LogP) is 1.58. The van der Waals surface area contributed by atoms with Crippen molar-refractivity contribution in [1.29, 1.82) is 0 Å². The van der Waals surface area contributed by atoms with E-state index in [2.05, 4.69) is 11.8 Å². The van der Waals surface area contributed by atoms with Gasteiger partial charge in [-0.2, -0.15) is 0 Å². The van der Waals surface area contributed by atoms with Crippen LogP contribution < -0.4 is 0 Å². The van der Waals surface area contributed by atoms with E-state index >= 15 is 0 Å². The lowest BCUT2D eigenvalue weighted by molar-refractivity contribution is -0.138. The molecule has 0 bridgehead atoms. The number of nitrogens with zero attached hydrogens (tertiary/aromatic N) is 1. The molecule has 0 aromatic rings. The molecule has 1 aliphatic heterocycles. The standard InChI is InChI=1S/C10H19NO2/c1-2-11-6-3-4-9(5-7-11)8-10(12)13/h9H,2-8H2,1H3,(H,12,13). The summed E-state index contributed by atoms with van der Waals surface area (Å²) in [6.07, 6.45) is 3.66. The summed E-state index contributed by atoms with van der Waals surface area (Å²) in [5.41, 5.74) is 0. The lowest BCUT2D eigenvalue weighted by Gasteiger charge is -2.16. The van der Waals surface area contributed by atoms with Gasteiger partial charge in [-0.15, -0.1) is 0 Å². The van der Waals surface area contributed by atoms with Crippen LogP contribution in [0.4, 0.5) is 0 Å². The summed E-state index contributed by atoms with van der Waals surface area (Å²) in [5, 5.41) is 8.67. The van der Waals surface area contributed by atoms with Crippen LogP contribution in [0.25, 0.3) is 0 Å². The molecule has 1 unspecified atom stereocenters. The highest BCUT2D eigenvalue weighted by Gasteiger charge is 2.17. The smallest absolute Gasteiger partial charge is 0.303 e. The first-order valence-corrected chi connectivity index (χ1v) is 5.16. The second kappa shape index (κ2) is 5.22. The average Bonchev–Trinajstić information content (AvgIpc) is 2.29. The largest absolute Gasteiger partial charge is 0.481 e. The molecule has 1 atom stereocenters. The maximum absolute atomic E-state index is 10.5. The lowest BCUT2D eigenvalue weighted by atomic mass is 9.97. The van der Waals surface area contributed by atoms with Crippen molar-refractivity contribution in [3.8, 4) is 0 Å². The van der Waals surface area contributed by atoms with E-state index in [4.69, 9.17) is 5.11 Å². The Morgan fingerprint density at radius 1 is 1.46 bits per heavy atom. The van der Waals surface area contributed by atoms with Gasteiger partial charge in [-0.3, -0.25) is 4.79 Å². The van der Waals surface area contributed by atoms with Crippen molar-refractivity contribution in [2.75, 3.05) is 19.6 Å². The van der Waals surface area contributed by atoms with E-state index in [1.54, 1.807) is 0 Å². The molecular formula is C10H19NO2. The van der Waals surface area contributed by atoms with Gasteiger partial charge in [0, 0.05) is 6.42 Å². The van der Waals surface area contributed by atoms with Crippen LogP contribution in [-0.4, -0.2) is 35.6 Å². The predicted molar refractivity (Wildman–Crippen MR) is 51.7 cm³/mol. The molecule has 0 spiro atoms. The lowest BCUT2D eigenvalue weighted by Crippen LogP contribution is -2.24. The Hall–Kier alpha value is -0.570. The van der Waals surface area contributed by atoms with Gasteiger partial charge in [0.2, 0.25) is 0 Å². The summed E-state index contributed by atoms with van der Waals surface area (Å²) in [4.78, 5) is 12.9. The van der Waals surface area contributed by atoms with Crippen molar-refractivity contribution in [1.82, 2.24) is 4.90 Å². The number of rotatable bonds is 3. The summed E-state index contributed by atoms with van der Waals surface area (Å²) < 4.78 is 0. The summed E-state index contributed by atoms with van der Waals surface area (Å²) in [7, 11) is 0.